The maximum absolute atomic E-state index is 12.9. The highest BCUT2D eigenvalue weighted by Crippen LogP contribution is 2.22. The maximum atomic E-state index is 12.9. The van der Waals surface area contributed by atoms with E-state index in [-0.39, 0.29) is 16.3 Å². The first-order valence-corrected chi connectivity index (χ1v) is 8.32. The molecule has 1 atom stereocenters. The number of ketones is 1. The zero-order chi connectivity index (χ0) is 18.7. The zero-order valence-corrected chi connectivity index (χ0v) is 15.3. The largest absolute Gasteiger partial charge is 0.451 e. The average Bonchev–Trinajstić information content (AvgIpc) is 2.80. The van der Waals surface area contributed by atoms with Gasteiger partial charge in [-0.3, -0.25) is 9.48 Å². The third kappa shape index (κ3) is 4.45. The van der Waals surface area contributed by atoms with Crippen molar-refractivity contribution in [2.45, 2.75) is 40.3 Å². The average molecular weight is 367 g/mol. The first kappa shape index (κ1) is 19.1. The molecule has 0 saturated carbocycles. The number of esters is 1. The Morgan fingerprint density at radius 3 is 2.40 bits per heavy atom. The number of aromatic nitrogens is 2. The second kappa shape index (κ2) is 7.78. The van der Waals surface area contributed by atoms with E-state index in [9.17, 15) is 14.0 Å². The van der Waals surface area contributed by atoms with Crippen LogP contribution in [0, 0.1) is 18.7 Å². The standard InChI is InChI=1S/C18H20ClFN2O3/c1-10(2)9-22-17(19)15(11(3)21-22)18(24)25-12(4)16(23)13-5-7-14(20)8-6-13/h5-8,10,12H,9H2,1-4H3/t12-/m0/s1. The van der Waals surface area contributed by atoms with Gasteiger partial charge in [-0.2, -0.15) is 5.10 Å². The van der Waals surface area contributed by atoms with Crippen molar-refractivity contribution >= 4 is 23.4 Å². The minimum Gasteiger partial charge on any atom is -0.451 e. The van der Waals surface area contributed by atoms with Crippen molar-refractivity contribution in [3.05, 3.63) is 52.1 Å². The molecule has 0 unspecified atom stereocenters. The van der Waals surface area contributed by atoms with E-state index >= 15 is 0 Å². The molecule has 7 heteroatoms. The van der Waals surface area contributed by atoms with Gasteiger partial charge < -0.3 is 4.74 Å². The van der Waals surface area contributed by atoms with Crippen LogP contribution in [0.1, 0.15) is 47.2 Å². The molecule has 1 aromatic heterocycles. The SMILES string of the molecule is Cc1nn(CC(C)C)c(Cl)c1C(=O)O[C@@H](C)C(=O)c1ccc(F)cc1. The summed E-state index contributed by atoms with van der Waals surface area (Å²) in [4.78, 5) is 24.7. The normalized spacial score (nSPS) is 12.3. The summed E-state index contributed by atoms with van der Waals surface area (Å²) in [6.07, 6.45) is -1.03. The second-order valence-electron chi connectivity index (χ2n) is 6.25. The zero-order valence-electron chi connectivity index (χ0n) is 14.5. The molecule has 2 aromatic rings. The van der Waals surface area contributed by atoms with Crippen LogP contribution >= 0.6 is 11.6 Å². The second-order valence-corrected chi connectivity index (χ2v) is 6.60. The van der Waals surface area contributed by atoms with E-state index < -0.39 is 23.7 Å². The Hall–Kier alpha value is -2.21. The lowest BCUT2D eigenvalue weighted by Crippen LogP contribution is -2.24. The Balaban J connectivity index is 2.15. The molecule has 0 aliphatic carbocycles. The lowest BCUT2D eigenvalue weighted by molar-refractivity contribution is 0.0318. The molecular formula is C18H20ClFN2O3. The van der Waals surface area contributed by atoms with Gasteiger partial charge in [-0.1, -0.05) is 25.4 Å². The smallest absolute Gasteiger partial charge is 0.343 e. The maximum Gasteiger partial charge on any atom is 0.343 e. The van der Waals surface area contributed by atoms with Gasteiger partial charge in [0.05, 0.1) is 5.69 Å². The summed E-state index contributed by atoms with van der Waals surface area (Å²) in [6, 6.07) is 5.05. The van der Waals surface area contributed by atoms with Crippen molar-refractivity contribution in [3.8, 4) is 0 Å². The molecule has 0 bridgehead atoms. The van der Waals surface area contributed by atoms with Crippen molar-refractivity contribution in [1.82, 2.24) is 9.78 Å². The van der Waals surface area contributed by atoms with Crippen LogP contribution in [0.2, 0.25) is 5.15 Å². The van der Waals surface area contributed by atoms with E-state index in [4.69, 9.17) is 16.3 Å². The lowest BCUT2D eigenvalue weighted by atomic mass is 10.1. The Morgan fingerprint density at radius 2 is 1.84 bits per heavy atom. The highest BCUT2D eigenvalue weighted by atomic mass is 35.5. The molecule has 1 aromatic carbocycles. The number of ether oxygens (including phenoxy) is 1. The Labute approximate surface area is 150 Å². The highest BCUT2D eigenvalue weighted by molar-refractivity contribution is 6.32. The summed E-state index contributed by atoms with van der Waals surface area (Å²) in [5, 5.41) is 4.44. The van der Waals surface area contributed by atoms with Gasteiger partial charge in [0.1, 0.15) is 16.5 Å². The quantitative estimate of drug-likeness (QED) is 0.571. The van der Waals surface area contributed by atoms with Gasteiger partial charge in [0.15, 0.2) is 6.10 Å². The minimum absolute atomic E-state index is 0.154. The number of hydrogen-bond donors (Lipinski definition) is 0. The van der Waals surface area contributed by atoms with Crippen molar-refractivity contribution in [2.75, 3.05) is 0 Å². The summed E-state index contributed by atoms with van der Waals surface area (Å²) in [6.45, 7) is 7.71. The van der Waals surface area contributed by atoms with Crippen LogP contribution < -0.4 is 0 Å². The number of rotatable bonds is 6. The third-order valence-electron chi connectivity index (χ3n) is 3.59. The highest BCUT2D eigenvalue weighted by Gasteiger charge is 2.26. The number of hydrogen-bond acceptors (Lipinski definition) is 4. The monoisotopic (exact) mass is 366 g/mol. The van der Waals surface area contributed by atoms with Crippen molar-refractivity contribution in [1.29, 1.82) is 0 Å². The molecule has 0 aliphatic rings. The van der Waals surface area contributed by atoms with Gasteiger partial charge in [-0.05, 0) is 44.0 Å². The van der Waals surface area contributed by atoms with Crippen LogP contribution in [0.4, 0.5) is 4.39 Å². The number of aryl methyl sites for hydroxylation is 1. The molecule has 2 rings (SSSR count). The summed E-state index contributed by atoms with van der Waals surface area (Å²) in [5.74, 6) is -1.27. The fraction of sp³-hybridized carbons (Fsp3) is 0.389. The lowest BCUT2D eigenvalue weighted by Gasteiger charge is -2.12. The van der Waals surface area contributed by atoms with E-state index in [1.165, 1.54) is 31.2 Å². The fourth-order valence-electron chi connectivity index (χ4n) is 2.37. The first-order chi connectivity index (χ1) is 11.7. The van der Waals surface area contributed by atoms with Gasteiger partial charge in [0.25, 0.3) is 0 Å². The van der Waals surface area contributed by atoms with Crippen LogP contribution in [0.5, 0.6) is 0 Å². The molecule has 0 radical (unpaired) electrons. The summed E-state index contributed by atoms with van der Waals surface area (Å²) < 4.78 is 19.7. The van der Waals surface area contributed by atoms with Crippen LogP contribution in [0.3, 0.4) is 0 Å². The summed E-state index contributed by atoms with van der Waals surface area (Å²) >= 11 is 6.24. The van der Waals surface area contributed by atoms with Crippen molar-refractivity contribution in [2.24, 2.45) is 5.92 Å². The van der Waals surface area contributed by atoms with Crippen LogP contribution in [-0.2, 0) is 11.3 Å². The molecule has 0 spiro atoms. The molecule has 0 N–H and O–H groups in total. The third-order valence-corrected chi connectivity index (χ3v) is 3.97. The Morgan fingerprint density at radius 1 is 1.24 bits per heavy atom. The van der Waals surface area contributed by atoms with Gasteiger partial charge in [-0.25, -0.2) is 9.18 Å². The Kier molecular flexibility index (Phi) is 5.95. The predicted octanol–water partition coefficient (Wildman–Crippen LogP) is 4.07. The van der Waals surface area contributed by atoms with E-state index in [0.29, 0.717) is 18.2 Å². The molecule has 1 heterocycles. The number of Topliss-reactive ketones (excluding diaryl/α,β-unsaturated/α-hetero) is 1. The van der Waals surface area contributed by atoms with Crippen LogP contribution in [0.15, 0.2) is 24.3 Å². The molecule has 134 valence electrons. The van der Waals surface area contributed by atoms with Gasteiger partial charge in [0.2, 0.25) is 5.78 Å². The molecule has 5 nitrogen and oxygen atoms in total. The number of nitrogens with zero attached hydrogens (tertiary/aromatic N) is 2. The molecule has 0 amide bonds. The molecule has 25 heavy (non-hydrogen) atoms. The van der Waals surface area contributed by atoms with E-state index in [1.807, 2.05) is 13.8 Å². The van der Waals surface area contributed by atoms with Crippen molar-refractivity contribution < 1.29 is 18.7 Å². The fourth-order valence-corrected chi connectivity index (χ4v) is 2.69. The van der Waals surface area contributed by atoms with Gasteiger partial charge in [0, 0.05) is 12.1 Å². The van der Waals surface area contributed by atoms with Gasteiger partial charge in [-0.15, -0.1) is 0 Å². The molecule has 0 saturated heterocycles. The number of carbonyl (C=O) groups is 2. The van der Waals surface area contributed by atoms with E-state index in [0.717, 1.165) is 0 Å². The van der Waals surface area contributed by atoms with E-state index in [2.05, 4.69) is 5.10 Å². The summed E-state index contributed by atoms with van der Waals surface area (Å²) in [7, 11) is 0. The first-order valence-electron chi connectivity index (χ1n) is 7.94. The topological polar surface area (TPSA) is 61.2 Å². The summed E-state index contributed by atoms with van der Waals surface area (Å²) in [5.41, 5.74) is 0.859. The minimum atomic E-state index is -1.03. The van der Waals surface area contributed by atoms with Crippen LogP contribution in [0.25, 0.3) is 0 Å². The van der Waals surface area contributed by atoms with Crippen LogP contribution in [-0.4, -0.2) is 27.6 Å². The number of halogens is 2. The van der Waals surface area contributed by atoms with Crippen molar-refractivity contribution in [3.63, 3.8) is 0 Å². The van der Waals surface area contributed by atoms with Gasteiger partial charge >= 0.3 is 5.97 Å². The molecular weight excluding hydrogens is 347 g/mol. The Bertz CT molecular complexity index is 784. The predicted molar refractivity (Wildman–Crippen MR) is 92.4 cm³/mol. The molecule has 0 fully saturated rings. The number of carbonyl (C=O) groups excluding carboxylic acids is 2. The number of benzene rings is 1. The van der Waals surface area contributed by atoms with E-state index in [1.54, 1.807) is 11.6 Å². The molecule has 0 aliphatic heterocycles.